The Morgan fingerprint density at radius 3 is 1.83 bits per heavy atom. The Bertz CT molecular complexity index is 224. The molecule has 0 aromatic heterocycles. The fraction of sp³-hybridized carbons (Fsp3) is 1.00. The molecule has 0 heterocycles. The van der Waals surface area contributed by atoms with Crippen LogP contribution in [0.25, 0.3) is 0 Å². The molecule has 0 aromatic carbocycles. The van der Waals surface area contributed by atoms with E-state index in [9.17, 15) is 0 Å². The first-order valence-electron chi connectivity index (χ1n) is 8.33. The third-order valence-corrected chi connectivity index (χ3v) is 5.50. The van der Waals surface area contributed by atoms with Gasteiger partial charge in [-0.15, -0.1) is 0 Å². The van der Waals surface area contributed by atoms with E-state index in [0.717, 1.165) is 5.92 Å². The normalized spacial score (nSPS) is 30.8. The van der Waals surface area contributed by atoms with Gasteiger partial charge in [-0.05, 0) is 36.0 Å². The first-order chi connectivity index (χ1) is 8.33. The molecule has 0 N–H and O–H groups in total. The van der Waals surface area contributed by atoms with Crippen molar-refractivity contribution < 1.29 is 0 Å². The van der Waals surface area contributed by atoms with Crippen LogP contribution in [0.5, 0.6) is 0 Å². The maximum absolute atomic E-state index is 2.49. The predicted molar refractivity (Wildman–Crippen MR) is 82.9 cm³/mol. The highest BCUT2D eigenvalue weighted by Gasteiger charge is 2.25. The fourth-order valence-electron chi connectivity index (χ4n) is 3.35. The zero-order chi connectivity index (χ0) is 13.6. The second kappa shape index (κ2) is 6.96. The first-order valence-corrected chi connectivity index (χ1v) is 8.33. The maximum Gasteiger partial charge on any atom is -0.0329 e. The van der Waals surface area contributed by atoms with E-state index in [-0.39, 0.29) is 0 Å². The number of rotatable bonds is 0. The average Bonchev–Trinajstić information content (AvgIpc) is 2.28. The summed E-state index contributed by atoms with van der Waals surface area (Å²) in [6, 6.07) is 0. The van der Waals surface area contributed by atoms with Crippen molar-refractivity contribution in [1.29, 1.82) is 0 Å². The molecule has 108 valence electrons. The van der Waals surface area contributed by atoms with Crippen LogP contribution in [0.3, 0.4) is 0 Å². The summed E-state index contributed by atoms with van der Waals surface area (Å²) in [5.41, 5.74) is 1.14. The predicted octanol–water partition coefficient (Wildman–Crippen LogP) is 6.59. The van der Waals surface area contributed by atoms with E-state index in [0.29, 0.717) is 10.8 Å². The molecule has 0 radical (unpaired) electrons. The summed E-state index contributed by atoms with van der Waals surface area (Å²) in [4.78, 5) is 0. The molecule has 1 unspecified atom stereocenters. The second-order valence-electron chi connectivity index (χ2n) is 8.21. The maximum atomic E-state index is 2.49. The lowest BCUT2D eigenvalue weighted by Crippen LogP contribution is -2.21. The van der Waals surface area contributed by atoms with E-state index in [1.54, 1.807) is 0 Å². The van der Waals surface area contributed by atoms with Crippen LogP contribution in [-0.4, -0.2) is 0 Å². The highest BCUT2D eigenvalue weighted by atomic mass is 14.3. The van der Waals surface area contributed by atoms with Crippen LogP contribution in [0, 0.1) is 16.7 Å². The third kappa shape index (κ3) is 5.76. The minimum absolute atomic E-state index is 0.554. The Balaban J connectivity index is 2.52. The zero-order valence-corrected chi connectivity index (χ0v) is 13.6. The van der Waals surface area contributed by atoms with Gasteiger partial charge < -0.3 is 0 Å². The molecule has 18 heavy (non-hydrogen) atoms. The lowest BCUT2D eigenvalue weighted by Gasteiger charge is -2.32. The molecular weight excluding hydrogens is 216 g/mol. The lowest BCUT2D eigenvalue weighted by molar-refractivity contribution is 0.187. The van der Waals surface area contributed by atoms with Crippen molar-refractivity contribution in [2.75, 3.05) is 0 Å². The summed E-state index contributed by atoms with van der Waals surface area (Å²) < 4.78 is 0. The van der Waals surface area contributed by atoms with Gasteiger partial charge in [0.05, 0.1) is 0 Å². The van der Waals surface area contributed by atoms with Crippen LogP contribution in [0.4, 0.5) is 0 Å². The van der Waals surface area contributed by atoms with E-state index in [1.807, 2.05) is 0 Å². The molecule has 0 bridgehead atoms. The number of hydrogen-bond acceptors (Lipinski definition) is 0. The molecule has 0 amide bonds. The third-order valence-electron chi connectivity index (χ3n) is 5.50. The van der Waals surface area contributed by atoms with E-state index in [1.165, 1.54) is 64.2 Å². The molecule has 0 heteroatoms. The van der Waals surface area contributed by atoms with Gasteiger partial charge in [-0.25, -0.2) is 0 Å². The molecule has 0 nitrogen and oxygen atoms in total. The molecule has 0 spiro atoms. The van der Waals surface area contributed by atoms with E-state index in [2.05, 4.69) is 34.6 Å². The van der Waals surface area contributed by atoms with E-state index in [4.69, 9.17) is 0 Å². The molecule has 1 rings (SSSR count). The molecule has 0 aromatic rings. The van der Waals surface area contributed by atoms with Crippen molar-refractivity contribution in [3.63, 3.8) is 0 Å². The van der Waals surface area contributed by atoms with Gasteiger partial charge in [0, 0.05) is 0 Å². The molecule has 1 atom stereocenters. The Kier molecular flexibility index (Phi) is 6.21. The molecule has 1 aliphatic carbocycles. The number of hydrogen-bond donors (Lipinski definition) is 0. The quantitative estimate of drug-likeness (QED) is 0.456. The fourth-order valence-corrected chi connectivity index (χ4v) is 3.35. The zero-order valence-electron chi connectivity index (χ0n) is 13.6. The highest BCUT2D eigenvalue weighted by Crippen LogP contribution is 2.38. The molecule has 0 saturated heterocycles. The Morgan fingerprint density at radius 2 is 1.17 bits per heavy atom. The Labute approximate surface area is 116 Å². The van der Waals surface area contributed by atoms with Gasteiger partial charge in [0.25, 0.3) is 0 Å². The van der Waals surface area contributed by atoms with Crippen molar-refractivity contribution in [2.24, 2.45) is 16.7 Å². The van der Waals surface area contributed by atoms with Gasteiger partial charge in [0.2, 0.25) is 0 Å². The average molecular weight is 252 g/mol. The first kappa shape index (κ1) is 16.1. The van der Waals surface area contributed by atoms with Crippen molar-refractivity contribution in [3.05, 3.63) is 0 Å². The summed E-state index contributed by atoms with van der Waals surface area (Å²) in [5, 5.41) is 0. The monoisotopic (exact) mass is 252 g/mol. The van der Waals surface area contributed by atoms with Crippen LogP contribution in [0.15, 0.2) is 0 Å². The second-order valence-corrected chi connectivity index (χ2v) is 8.21. The smallest absolute Gasteiger partial charge is 0.0329 e. The van der Waals surface area contributed by atoms with Gasteiger partial charge >= 0.3 is 0 Å². The van der Waals surface area contributed by atoms with Crippen LogP contribution in [0.2, 0.25) is 0 Å². The molecular formula is C18H36. The van der Waals surface area contributed by atoms with Crippen LogP contribution in [-0.2, 0) is 0 Å². The van der Waals surface area contributed by atoms with Crippen molar-refractivity contribution in [3.8, 4) is 0 Å². The van der Waals surface area contributed by atoms with Crippen LogP contribution in [0.1, 0.15) is 98.8 Å². The summed E-state index contributed by atoms with van der Waals surface area (Å²) in [6.45, 7) is 12.4. The molecule has 0 aliphatic heterocycles. The van der Waals surface area contributed by atoms with Crippen LogP contribution < -0.4 is 0 Å². The standard InChI is InChI=1S/C18H36/c1-16-12-8-6-7-9-13-17(2,3)14-10-11-15-18(16,4)5/h16H,6-15H2,1-5H3. The van der Waals surface area contributed by atoms with Gasteiger partial charge in [0.15, 0.2) is 0 Å². The largest absolute Gasteiger partial charge is 0.0620 e. The van der Waals surface area contributed by atoms with E-state index >= 15 is 0 Å². The van der Waals surface area contributed by atoms with E-state index < -0.39 is 0 Å². The Hall–Kier alpha value is 0. The van der Waals surface area contributed by atoms with Crippen molar-refractivity contribution >= 4 is 0 Å². The minimum Gasteiger partial charge on any atom is -0.0620 e. The summed E-state index contributed by atoms with van der Waals surface area (Å²) in [7, 11) is 0. The Morgan fingerprint density at radius 1 is 0.667 bits per heavy atom. The molecule has 1 saturated carbocycles. The van der Waals surface area contributed by atoms with Crippen LogP contribution >= 0.6 is 0 Å². The van der Waals surface area contributed by atoms with Gasteiger partial charge in [-0.3, -0.25) is 0 Å². The summed E-state index contributed by atoms with van der Waals surface area (Å²) in [6.07, 6.45) is 14.4. The SMILES string of the molecule is CC1CCCCCCC(C)(C)CCCCC1(C)C. The summed E-state index contributed by atoms with van der Waals surface area (Å²) >= 11 is 0. The highest BCUT2D eigenvalue weighted by molar-refractivity contribution is 4.77. The van der Waals surface area contributed by atoms with Gasteiger partial charge in [-0.2, -0.15) is 0 Å². The summed E-state index contributed by atoms with van der Waals surface area (Å²) in [5.74, 6) is 0.895. The molecule has 1 fully saturated rings. The molecule has 1 aliphatic rings. The lowest BCUT2D eigenvalue weighted by atomic mass is 9.73. The van der Waals surface area contributed by atoms with Crippen molar-refractivity contribution in [1.82, 2.24) is 0 Å². The topological polar surface area (TPSA) is 0 Å². The minimum atomic E-state index is 0.554. The van der Waals surface area contributed by atoms with Gasteiger partial charge in [-0.1, -0.05) is 79.6 Å². The van der Waals surface area contributed by atoms with Gasteiger partial charge in [0.1, 0.15) is 0 Å². The van der Waals surface area contributed by atoms with Crippen molar-refractivity contribution in [2.45, 2.75) is 98.8 Å².